The lowest BCUT2D eigenvalue weighted by Crippen LogP contribution is -2.26. The summed E-state index contributed by atoms with van der Waals surface area (Å²) in [7, 11) is 3.03. The number of rotatable bonds is 4. The molecule has 1 aliphatic rings. The van der Waals surface area contributed by atoms with E-state index in [9.17, 15) is 9.59 Å². The van der Waals surface area contributed by atoms with Gasteiger partial charge in [0.05, 0.1) is 25.8 Å². The van der Waals surface area contributed by atoms with E-state index in [1.54, 1.807) is 18.2 Å². The van der Waals surface area contributed by atoms with Gasteiger partial charge in [0.15, 0.2) is 0 Å². The van der Waals surface area contributed by atoms with Crippen LogP contribution in [0.3, 0.4) is 0 Å². The molecule has 6 heteroatoms. The van der Waals surface area contributed by atoms with Crippen LogP contribution in [-0.2, 0) is 9.59 Å². The van der Waals surface area contributed by atoms with Gasteiger partial charge in [0.2, 0.25) is 5.91 Å². The van der Waals surface area contributed by atoms with E-state index < -0.39 is 11.9 Å². The largest absolute Gasteiger partial charge is 0.497 e. The SMILES string of the molecule is COc1ccc(N2C[C@H](C(=O)O)CC2=O)c(OC)c1. The fourth-order valence-corrected chi connectivity index (χ4v) is 2.11. The van der Waals surface area contributed by atoms with Crippen molar-refractivity contribution in [3.8, 4) is 11.5 Å². The van der Waals surface area contributed by atoms with Crippen LogP contribution in [-0.4, -0.2) is 37.7 Å². The highest BCUT2D eigenvalue weighted by Gasteiger charge is 2.36. The first-order chi connectivity index (χ1) is 9.06. The molecule has 6 nitrogen and oxygen atoms in total. The van der Waals surface area contributed by atoms with Crippen molar-refractivity contribution >= 4 is 17.6 Å². The zero-order chi connectivity index (χ0) is 14.0. The van der Waals surface area contributed by atoms with Crippen molar-refractivity contribution in [3.05, 3.63) is 18.2 Å². The van der Waals surface area contributed by atoms with E-state index in [1.165, 1.54) is 19.1 Å². The quantitative estimate of drug-likeness (QED) is 0.883. The van der Waals surface area contributed by atoms with Gasteiger partial charge in [-0.05, 0) is 12.1 Å². The Morgan fingerprint density at radius 1 is 1.37 bits per heavy atom. The number of hydrogen-bond acceptors (Lipinski definition) is 4. The van der Waals surface area contributed by atoms with Crippen molar-refractivity contribution in [1.29, 1.82) is 0 Å². The summed E-state index contributed by atoms with van der Waals surface area (Å²) < 4.78 is 10.3. The molecule has 1 aromatic rings. The molecule has 2 rings (SSSR count). The van der Waals surface area contributed by atoms with Gasteiger partial charge in [-0.25, -0.2) is 0 Å². The Morgan fingerprint density at radius 2 is 2.11 bits per heavy atom. The van der Waals surface area contributed by atoms with E-state index >= 15 is 0 Å². The smallest absolute Gasteiger partial charge is 0.308 e. The first kappa shape index (κ1) is 13.2. The average Bonchev–Trinajstić information content (AvgIpc) is 2.80. The van der Waals surface area contributed by atoms with Crippen LogP contribution < -0.4 is 14.4 Å². The molecule has 1 amide bonds. The molecule has 19 heavy (non-hydrogen) atoms. The maximum absolute atomic E-state index is 11.9. The van der Waals surface area contributed by atoms with E-state index in [-0.39, 0.29) is 18.9 Å². The van der Waals surface area contributed by atoms with Crippen molar-refractivity contribution in [3.63, 3.8) is 0 Å². The van der Waals surface area contributed by atoms with Crippen LogP contribution in [0.2, 0.25) is 0 Å². The maximum atomic E-state index is 11.9. The lowest BCUT2D eigenvalue weighted by Gasteiger charge is -2.19. The number of ether oxygens (including phenoxy) is 2. The lowest BCUT2D eigenvalue weighted by molar-refractivity contribution is -0.141. The molecule has 0 bridgehead atoms. The molecule has 0 saturated carbocycles. The van der Waals surface area contributed by atoms with Crippen LogP contribution >= 0.6 is 0 Å². The average molecular weight is 265 g/mol. The molecule has 0 spiro atoms. The molecule has 1 N–H and O–H groups in total. The predicted molar refractivity (Wildman–Crippen MR) is 67.6 cm³/mol. The normalized spacial score (nSPS) is 18.5. The maximum Gasteiger partial charge on any atom is 0.308 e. The Bertz CT molecular complexity index is 514. The monoisotopic (exact) mass is 265 g/mol. The first-order valence-electron chi connectivity index (χ1n) is 5.82. The Hall–Kier alpha value is -2.24. The molecule has 0 radical (unpaired) electrons. The minimum absolute atomic E-state index is 0.0184. The number of carboxylic acids is 1. The van der Waals surface area contributed by atoms with E-state index in [0.717, 1.165) is 0 Å². The van der Waals surface area contributed by atoms with Gasteiger partial charge in [-0.2, -0.15) is 0 Å². The number of aliphatic carboxylic acids is 1. The minimum atomic E-state index is -0.955. The van der Waals surface area contributed by atoms with Gasteiger partial charge < -0.3 is 19.5 Å². The van der Waals surface area contributed by atoms with Crippen LogP contribution in [0.4, 0.5) is 5.69 Å². The molecular weight excluding hydrogens is 250 g/mol. The number of carboxylic acid groups (broad SMARTS) is 1. The van der Waals surface area contributed by atoms with Gasteiger partial charge in [-0.15, -0.1) is 0 Å². The fraction of sp³-hybridized carbons (Fsp3) is 0.385. The predicted octanol–water partition coefficient (Wildman–Crippen LogP) is 1.14. The number of carbonyl (C=O) groups excluding carboxylic acids is 1. The summed E-state index contributed by atoms with van der Waals surface area (Å²) >= 11 is 0. The summed E-state index contributed by atoms with van der Waals surface area (Å²) in [5, 5.41) is 8.97. The summed E-state index contributed by atoms with van der Waals surface area (Å²) in [6, 6.07) is 5.07. The van der Waals surface area contributed by atoms with Crippen molar-refractivity contribution < 1.29 is 24.2 Å². The Kier molecular flexibility index (Phi) is 3.59. The first-order valence-corrected chi connectivity index (χ1v) is 5.82. The molecule has 1 aromatic carbocycles. The standard InChI is InChI=1S/C13H15NO5/c1-18-9-3-4-10(11(6-9)19-2)14-7-8(13(16)17)5-12(14)15/h3-4,6,8H,5,7H2,1-2H3,(H,16,17)/t8-/m1/s1. The third-order valence-corrected chi connectivity index (χ3v) is 3.15. The van der Waals surface area contributed by atoms with Gasteiger partial charge in [-0.3, -0.25) is 9.59 Å². The van der Waals surface area contributed by atoms with E-state index in [0.29, 0.717) is 17.2 Å². The third-order valence-electron chi connectivity index (χ3n) is 3.15. The number of anilines is 1. The van der Waals surface area contributed by atoms with Crippen molar-refractivity contribution in [2.45, 2.75) is 6.42 Å². The molecule has 0 unspecified atom stereocenters. The van der Waals surface area contributed by atoms with Crippen molar-refractivity contribution in [2.24, 2.45) is 5.92 Å². The topological polar surface area (TPSA) is 76.1 Å². The van der Waals surface area contributed by atoms with Crippen molar-refractivity contribution in [1.82, 2.24) is 0 Å². The van der Waals surface area contributed by atoms with Gasteiger partial charge in [0.25, 0.3) is 0 Å². The zero-order valence-electron chi connectivity index (χ0n) is 10.8. The number of benzene rings is 1. The molecule has 0 aliphatic carbocycles. The third kappa shape index (κ3) is 2.47. The summed E-state index contributed by atoms with van der Waals surface area (Å²) in [5.74, 6) is -0.737. The molecule has 0 aromatic heterocycles. The van der Waals surface area contributed by atoms with Gasteiger partial charge in [0, 0.05) is 19.0 Å². The van der Waals surface area contributed by atoms with E-state index in [2.05, 4.69) is 0 Å². The Morgan fingerprint density at radius 3 is 2.63 bits per heavy atom. The van der Waals surface area contributed by atoms with Crippen molar-refractivity contribution in [2.75, 3.05) is 25.7 Å². The fourth-order valence-electron chi connectivity index (χ4n) is 2.11. The molecule has 1 aliphatic heterocycles. The Labute approximate surface area is 110 Å². The molecule has 1 saturated heterocycles. The molecule has 1 atom stereocenters. The molecule has 1 fully saturated rings. The second-order valence-electron chi connectivity index (χ2n) is 4.28. The number of hydrogen-bond donors (Lipinski definition) is 1. The van der Waals surface area contributed by atoms with Crippen LogP contribution in [0.1, 0.15) is 6.42 Å². The zero-order valence-corrected chi connectivity index (χ0v) is 10.8. The highest BCUT2D eigenvalue weighted by Crippen LogP contribution is 2.35. The van der Waals surface area contributed by atoms with Crippen LogP contribution in [0.5, 0.6) is 11.5 Å². The lowest BCUT2D eigenvalue weighted by atomic mass is 10.1. The number of carbonyl (C=O) groups is 2. The second kappa shape index (κ2) is 5.17. The summed E-state index contributed by atoms with van der Waals surface area (Å²) in [6.07, 6.45) is 0.0184. The molecule has 1 heterocycles. The van der Waals surface area contributed by atoms with E-state index in [4.69, 9.17) is 14.6 Å². The highest BCUT2D eigenvalue weighted by atomic mass is 16.5. The van der Waals surface area contributed by atoms with Gasteiger partial charge in [-0.1, -0.05) is 0 Å². The molecular formula is C13H15NO5. The molecule has 102 valence electrons. The van der Waals surface area contributed by atoms with Crippen LogP contribution in [0, 0.1) is 5.92 Å². The summed E-state index contributed by atoms with van der Waals surface area (Å²) in [4.78, 5) is 24.3. The van der Waals surface area contributed by atoms with Crippen LogP contribution in [0.25, 0.3) is 0 Å². The highest BCUT2D eigenvalue weighted by molar-refractivity contribution is 6.00. The van der Waals surface area contributed by atoms with Crippen LogP contribution in [0.15, 0.2) is 18.2 Å². The van der Waals surface area contributed by atoms with Gasteiger partial charge >= 0.3 is 5.97 Å². The summed E-state index contributed by atoms with van der Waals surface area (Å²) in [6.45, 7) is 0.164. The van der Waals surface area contributed by atoms with Gasteiger partial charge in [0.1, 0.15) is 11.5 Å². The number of methoxy groups -OCH3 is 2. The Balaban J connectivity index is 2.31. The number of amides is 1. The summed E-state index contributed by atoms with van der Waals surface area (Å²) in [5.41, 5.74) is 0.567. The van der Waals surface area contributed by atoms with E-state index in [1.807, 2.05) is 0 Å². The minimum Gasteiger partial charge on any atom is -0.497 e. The second-order valence-corrected chi connectivity index (χ2v) is 4.28. The number of nitrogens with zero attached hydrogens (tertiary/aromatic N) is 1.